The molecule has 0 radical (unpaired) electrons. The molecule has 1 aromatic carbocycles. The summed E-state index contributed by atoms with van der Waals surface area (Å²) < 4.78 is 28.6. The van der Waals surface area contributed by atoms with Gasteiger partial charge < -0.3 is 4.40 Å². The van der Waals surface area contributed by atoms with Gasteiger partial charge in [0.1, 0.15) is 5.65 Å². The highest BCUT2D eigenvalue weighted by atomic mass is 32.2. The molecule has 19 heavy (non-hydrogen) atoms. The number of imidazole rings is 1. The van der Waals surface area contributed by atoms with Crippen molar-refractivity contribution >= 4 is 21.4 Å². The van der Waals surface area contributed by atoms with Crippen molar-refractivity contribution < 1.29 is 8.42 Å². The van der Waals surface area contributed by atoms with Crippen molar-refractivity contribution in [3.63, 3.8) is 0 Å². The molecule has 0 atom stereocenters. The van der Waals surface area contributed by atoms with Crippen molar-refractivity contribution in [2.24, 2.45) is 0 Å². The van der Waals surface area contributed by atoms with Crippen molar-refractivity contribution in [2.45, 2.75) is 4.90 Å². The zero-order chi connectivity index (χ0) is 13.3. The van der Waals surface area contributed by atoms with Crippen LogP contribution in [0.3, 0.4) is 0 Å². The van der Waals surface area contributed by atoms with Crippen LogP contribution in [0, 0.1) is 0 Å². The van der Waals surface area contributed by atoms with E-state index in [-0.39, 0.29) is 4.90 Å². The van der Waals surface area contributed by atoms with Crippen LogP contribution in [0.25, 0.3) is 5.65 Å². The third-order valence-corrected chi connectivity index (χ3v) is 4.09. The zero-order valence-electron chi connectivity index (χ0n) is 9.89. The van der Waals surface area contributed by atoms with Gasteiger partial charge >= 0.3 is 0 Å². The summed E-state index contributed by atoms with van der Waals surface area (Å²) >= 11 is 0. The Bertz CT molecular complexity index is 810. The van der Waals surface area contributed by atoms with Crippen molar-refractivity contribution in [1.82, 2.24) is 9.38 Å². The van der Waals surface area contributed by atoms with E-state index in [1.807, 2.05) is 0 Å². The van der Waals surface area contributed by atoms with E-state index in [0.717, 1.165) is 5.65 Å². The number of benzene rings is 1. The Morgan fingerprint density at radius 3 is 2.63 bits per heavy atom. The Labute approximate surface area is 110 Å². The van der Waals surface area contributed by atoms with Crippen LogP contribution in [-0.2, 0) is 10.0 Å². The lowest BCUT2D eigenvalue weighted by atomic mass is 10.4. The molecule has 1 N–H and O–H groups in total. The van der Waals surface area contributed by atoms with E-state index in [4.69, 9.17) is 0 Å². The van der Waals surface area contributed by atoms with E-state index < -0.39 is 10.0 Å². The largest absolute Gasteiger partial charge is 0.305 e. The van der Waals surface area contributed by atoms with Crippen LogP contribution in [0.1, 0.15) is 0 Å². The number of sulfonamides is 1. The number of rotatable bonds is 3. The van der Waals surface area contributed by atoms with Gasteiger partial charge in [0.25, 0.3) is 10.0 Å². The molecular weight excluding hydrogens is 262 g/mol. The van der Waals surface area contributed by atoms with Crippen molar-refractivity contribution in [2.75, 3.05) is 4.72 Å². The van der Waals surface area contributed by atoms with Crippen molar-refractivity contribution in [1.29, 1.82) is 0 Å². The summed E-state index contributed by atoms with van der Waals surface area (Å²) in [6.45, 7) is 0. The van der Waals surface area contributed by atoms with Crippen LogP contribution in [0.15, 0.2) is 66.0 Å². The van der Waals surface area contributed by atoms with Gasteiger partial charge in [-0.15, -0.1) is 0 Å². The molecule has 96 valence electrons. The fourth-order valence-corrected chi connectivity index (χ4v) is 2.86. The number of aromatic nitrogens is 2. The maximum Gasteiger partial charge on any atom is 0.261 e. The molecule has 0 aliphatic heterocycles. The number of nitrogens with one attached hydrogen (secondary N) is 1. The molecule has 0 aliphatic carbocycles. The highest BCUT2D eigenvalue weighted by Gasteiger charge is 2.13. The van der Waals surface area contributed by atoms with Gasteiger partial charge in [-0.3, -0.25) is 4.72 Å². The Kier molecular flexibility index (Phi) is 2.72. The standard InChI is InChI=1S/C13H11N3O2S/c17-19(18,12-4-2-1-3-5-12)15-11-6-7-13-14-8-9-16(13)10-11/h1-10,15H. The molecule has 0 saturated heterocycles. The number of hydrogen-bond donors (Lipinski definition) is 1. The number of anilines is 1. The minimum atomic E-state index is -3.55. The van der Waals surface area contributed by atoms with Gasteiger partial charge in [-0.05, 0) is 24.3 Å². The van der Waals surface area contributed by atoms with Crippen LogP contribution >= 0.6 is 0 Å². The van der Waals surface area contributed by atoms with Gasteiger partial charge in [-0.25, -0.2) is 13.4 Å². The first kappa shape index (κ1) is 11.7. The lowest BCUT2D eigenvalue weighted by molar-refractivity contribution is 0.601. The molecule has 6 heteroatoms. The maximum atomic E-state index is 12.1. The van der Waals surface area contributed by atoms with E-state index >= 15 is 0 Å². The van der Waals surface area contributed by atoms with E-state index in [2.05, 4.69) is 9.71 Å². The monoisotopic (exact) mass is 273 g/mol. The highest BCUT2D eigenvalue weighted by Crippen LogP contribution is 2.16. The number of nitrogens with zero attached hydrogens (tertiary/aromatic N) is 2. The number of pyridine rings is 1. The predicted molar refractivity (Wildman–Crippen MR) is 72.4 cm³/mol. The predicted octanol–water partition coefficient (Wildman–Crippen LogP) is 2.14. The summed E-state index contributed by atoms with van der Waals surface area (Å²) in [6, 6.07) is 11.7. The van der Waals surface area contributed by atoms with Gasteiger partial charge in [0, 0.05) is 18.6 Å². The van der Waals surface area contributed by atoms with E-state index in [0.29, 0.717) is 5.69 Å². The molecule has 3 aromatic rings. The quantitative estimate of drug-likeness (QED) is 0.795. The SMILES string of the molecule is O=S(=O)(Nc1ccc2nccn2c1)c1ccccc1. The van der Waals surface area contributed by atoms with Crippen molar-refractivity contribution in [3.05, 3.63) is 61.1 Å². The smallest absolute Gasteiger partial charge is 0.261 e. The van der Waals surface area contributed by atoms with Crippen LogP contribution < -0.4 is 4.72 Å². The zero-order valence-corrected chi connectivity index (χ0v) is 10.7. The highest BCUT2D eigenvalue weighted by molar-refractivity contribution is 7.92. The second-order valence-corrected chi connectivity index (χ2v) is 5.71. The lowest BCUT2D eigenvalue weighted by Gasteiger charge is -2.08. The summed E-state index contributed by atoms with van der Waals surface area (Å²) in [5.41, 5.74) is 1.26. The third-order valence-electron chi connectivity index (χ3n) is 2.69. The Balaban J connectivity index is 1.96. The average molecular weight is 273 g/mol. The van der Waals surface area contributed by atoms with Gasteiger partial charge in [0.15, 0.2) is 0 Å². The van der Waals surface area contributed by atoms with Crippen LogP contribution in [0.2, 0.25) is 0 Å². The average Bonchev–Trinajstić information content (AvgIpc) is 2.87. The molecule has 0 saturated carbocycles. The first-order chi connectivity index (χ1) is 9.15. The van der Waals surface area contributed by atoms with Crippen LogP contribution in [0.5, 0.6) is 0 Å². The first-order valence-corrected chi connectivity index (χ1v) is 7.14. The van der Waals surface area contributed by atoms with Crippen molar-refractivity contribution in [3.8, 4) is 0 Å². The molecule has 2 heterocycles. The molecule has 0 amide bonds. The second kappa shape index (κ2) is 4.40. The molecule has 0 aliphatic rings. The topological polar surface area (TPSA) is 63.5 Å². The Hall–Kier alpha value is -2.34. The summed E-state index contributed by atoms with van der Waals surface area (Å²) in [7, 11) is -3.55. The van der Waals surface area contributed by atoms with E-state index in [1.54, 1.807) is 65.5 Å². The fourth-order valence-electron chi connectivity index (χ4n) is 1.79. The Morgan fingerprint density at radius 1 is 1.05 bits per heavy atom. The Morgan fingerprint density at radius 2 is 1.84 bits per heavy atom. The van der Waals surface area contributed by atoms with Crippen LogP contribution in [0.4, 0.5) is 5.69 Å². The summed E-state index contributed by atoms with van der Waals surface area (Å²) in [5.74, 6) is 0. The molecule has 0 unspecified atom stereocenters. The molecule has 3 rings (SSSR count). The van der Waals surface area contributed by atoms with Gasteiger partial charge in [0.05, 0.1) is 10.6 Å². The molecule has 0 fully saturated rings. The summed E-state index contributed by atoms with van der Waals surface area (Å²) in [6.07, 6.45) is 5.10. The van der Waals surface area contributed by atoms with Gasteiger partial charge in [0.2, 0.25) is 0 Å². The molecule has 5 nitrogen and oxygen atoms in total. The molecule has 0 spiro atoms. The second-order valence-electron chi connectivity index (χ2n) is 4.03. The first-order valence-electron chi connectivity index (χ1n) is 5.66. The molecule has 2 aromatic heterocycles. The lowest BCUT2D eigenvalue weighted by Crippen LogP contribution is -2.13. The van der Waals surface area contributed by atoms with Gasteiger partial charge in [-0.1, -0.05) is 18.2 Å². The summed E-state index contributed by atoms with van der Waals surface area (Å²) in [4.78, 5) is 4.34. The van der Waals surface area contributed by atoms with E-state index in [9.17, 15) is 8.42 Å². The maximum absolute atomic E-state index is 12.1. The van der Waals surface area contributed by atoms with Gasteiger partial charge in [-0.2, -0.15) is 0 Å². The van der Waals surface area contributed by atoms with E-state index in [1.165, 1.54) is 0 Å². The number of hydrogen-bond acceptors (Lipinski definition) is 3. The minimum Gasteiger partial charge on any atom is -0.305 e. The normalized spacial score (nSPS) is 11.6. The minimum absolute atomic E-state index is 0.237. The van der Waals surface area contributed by atoms with Crippen LogP contribution in [-0.4, -0.2) is 17.8 Å². The third kappa shape index (κ3) is 2.30. The molecule has 0 bridgehead atoms. The summed E-state index contributed by atoms with van der Waals surface area (Å²) in [5, 5.41) is 0. The fraction of sp³-hybridized carbons (Fsp3) is 0. The molecular formula is C13H11N3O2S. The number of fused-ring (bicyclic) bond motifs is 1.